The highest BCUT2D eigenvalue weighted by molar-refractivity contribution is 7.90. The number of alkyl halides is 3. The second-order valence-corrected chi connectivity index (χ2v) is 10.5. The van der Waals surface area contributed by atoms with Crippen molar-refractivity contribution in [3.05, 3.63) is 66.8 Å². The van der Waals surface area contributed by atoms with Crippen LogP contribution in [0.5, 0.6) is 5.75 Å². The van der Waals surface area contributed by atoms with Crippen LogP contribution in [-0.4, -0.2) is 67.4 Å². The van der Waals surface area contributed by atoms with Crippen LogP contribution in [0, 0.1) is 5.92 Å². The van der Waals surface area contributed by atoms with Crippen molar-refractivity contribution in [3.8, 4) is 17.0 Å². The lowest BCUT2D eigenvalue weighted by atomic mass is 9.97. The van der Waals surface area contributed by atoms with Crippen molar-refractivity contribution in [1.29, 1.82) is 0 Å². The highest BCUT2D eigenvalue weighted by Crippen LogP contribution is 2.24. The third-order valence-electron chi connectivity index (χ3n) is 5.68. The van der Waals surface area contributed by atoms with Gasteiger partial charge in [0.25, 0.3) is 5.91 Å². The number of benzene rings is 1. The van der Waals surface area contributed by atoms with Crippen molar-refractivity contribution < 1.29 is 45.4 Å². The van der Waals surface area contributed by atoms with Crippen molar-refractivity contribution in [2.45, 2.75) is 23.9 Å². The zero-order valence-corrected chi connectivity index (χ0v) is 21.0. The molecule has 0 aliphatic carbocycles. The van der Waals surface area contributed by atoms with Gasteiger partial charge in [-0.1, -0.05) is 12.1 Å². The normalized spacial score (nSPS) is 14.4. The summed E-state index contributed by atoms with van der Waals surface area (Å²) in [5, 5.41) is 7.12. The number of halogens is 3. The number of ether oxygens (including phenoxy) is 1. The molecule has 9 nitrogen and oxygen atoms in total. The number of pyridine rings is 1. The summed E-state index contributed by atoms with van der Waals surface area (Å²) < 4.78 is 66.0. The monoisotopic (exact) mass is 554 g/mol. The highest BCUT2D eigenvalue weighted by atomic mass is 32.2. The zero-order chi connectivity index (χ0) is 27.9. The maximum atomic E-state index is 12.3. The number of carbonyl (C=O) groups excluding carboxylic acids is 1. The number of aliphatic carboxylic acids is 1. The van der Waals surface area contributed by atoms with Gasteiger partial charge < -0.3 is 19.2 Å². The summed E-state index contributed by atoms with van der Waals surface area (Å²) in [7, 11) is -3.21. The van der Waals surface area contributed by atoms with E-state index in [1.807, 2.05) is 17.0 Å². The Balaban J connectivity index is 0.000000505. The fourth-order valence-electron chi connectivity index (χ4n) is 3.58. The number of rotatable bonds is 6. The maximum absolute atomic E-state index is 12.3. The molecule has 13 heteroatoms. The molecule has 38 heavy (non-hydrogen) atoms. The summed E-state index contributed by atoms with van der Waals surface area (Å²) >= 11 is 0. The van der Waals surface area contributed by atoms with Gasteiger partial charge in [0, 0.05) is 24.9 Å². The van der Waals surface area contributed by atoms with Gasteiger partial charge in [0.2, 0.25) is 0 Å². The van der Waals surface area contributed by atoms with Crippen molar-refractivity contribution in [1.82, 2.24) is 9.88 Å². The van der Waals surface area contributed by atoms with Crippen LogP contribution in [0.4, 0.5) is 13.2 Å². The minimum atomic E-state index is -5.08. The number of amides is 1. The fraction of sp³-hybridized carbons (Fsp3) is 0.320. The highest BCUT2D eigenvalue weighted by Gasteiger charge is 2.38. The molecular formula is C25H25F3N2O7S. The lowest BCUT2D eigenvalue weighted by Gasteiger charge is -2.31. The number of sulfone groups is 1. The van der Waals surface area contributed by atoms with Crippen molar-refractivity contribution >= 4 is 21.7 Å². The quantitative estimate of drug-likeness (QED) is 0.478. The molecule has 0 spiro atoms. The van der Waals surface area contributed by atoms with Gasteiger partial charge in [0.1, 0.15) is 5.75 Å². The van der Waals surface area contributed by atoms with Gasteiger partial charge >= 0.3 is 12.1 Å². The summed E-state index contributed by atoms with van der Waals surface area (Å²) in [4.78, 5) is 27.8. The molecule has 1 aromatic carbocycles. The Morgan fingerprint density at radius 3 is 2.21 bits per heavy atom. The number of hydrogen-bond acceptors (Lipinski definition) is 7. The van der Waals surface area contributed by atoms with Crippen molar-refractivity contribution in [2.24, 2.45) is 5.92 Å². The SMILES string of the molecule is CS(=O)(=O)c1ccc(-c2ccc(OCC3CCN(C(=O)c4ccco4)CC3)cn2)cc1.O=C(O)C(F)(F)F. The van der Waals surface area contributed by atoms with E-state index in [2.05, 4.69) is 4.98 Å². The summed E-state index contributed by atoms with van der Waals surface area (Å²) in [6, 6.07) is 13.8. The van der Waals surface area contributed by atoms with Gasteiger partial charge in [0.05, 0.1) is 29.7 Å². The molecule has 2 aromatic heterocycles. The van der Waals surface area contributed by atoms with Gasteiger partial charge in [-0.2, -0.15) is 13.2 Å². The first kappa shape index (κ1) is 28.7. The molecule has 0 atom stereocenters. The van der Waals surface area contributed by atoms with Gasteiger partial charge in [-0.3, -0.25) is 9.78 Å². The predicted molar refractivity (Wildman–Crippen MR) is 129 cm³/mol. The molecule has 0 unspecified atom stereocenters. The second kappa shape index (κ2) is 12.1. The van der Waals surface area contributed by atoms with Gasteiger partial charge in [-0.25, -0.2) is 13.2 Å². The second-order valence-electron chi connectivity index (χ2n) is 8.50. The Labute approximate surface area is 216 Å². The Bertz CT molecular complexity index is 1320. The number of likely N-dealkylation sites (tertiary alicyclic amines) is 1. The van der Waals surface area contributed by atoms with Crippen LogP contribution in [0.25, 0.3) is 11.3 Å². The summed E-state index contributed by atoms with van der Waals surface area (Å²) in [6.07, 6.45) is 1.05. The van der Waals surface area contributed by atoms with E-state index >= 15 is 0 Å². The molecule has 1 N–H and O–H groups in total. The van der Waals surface area contributed by atoms with Crippen LogP contribution in [0.2, 0.25) is 0 Å². The van der Waals surface area contributed by atoms with E-state index in [1.54, 1.807) is 42.6 Å². The molecule has 0 saturated carbocycles. The van der Waals surface area contributed by atoms with E-state index in [1.165, 1.54) is 12.5 Å². The molecule has 1 aliphatic rings. The third kappa shape index (κ3) is 8.07. The molecule has 0 radical (unpaired) electrons. The Kier molecular flexibility index (Phi) is 9.15. The largest absolute Gasteiger partial charge is 0.492 e. The number of carbonyl (C=O) groups is 2. The lowest BCUT2D eigenvalue weighted by Crippen LogP contribution is -2.39. The maximum Gasteiger partial charge on any atom is 0.490 e. The first-order valence-corrected chi connectivity index (χ1v) is 13.3. The number of aromatic nitrogens is 1. The molecular weight excluding hydrogens is 529 g/mol. The predicted octanol–water partition coefficient (Wildman–Crippen LogP) is 4.31. The van der Waals surface area contributed by atoms with Crippen LogP contribution in [0.3, 0.4) is 0 Å². The van der Waals surface area contributed by atoms with Crippen LogP contribution < -0.4 is 4.74 Å². The summed E-state index contributed by atoms with van der Waals surface area (Å²) in [5.74, 6) is -1.37. The average Bonchev–Trinajstić information content (AvgIpc) is 3.42. The van der Waals surface area contributed by atoms with E-state index in [0.29, 0.717) is 37.1 Å². The van der Waals surface area contributed by atoms with Crippen molar-refractivity contribution in [2.75, 3.05) is 26.0 Å². The molecule has 4 rings (SSSR count). The van der Waals surface area contributed by atoms with E-state index in [-0.39, 0.29) is 10.8 Å². The number of carboxylic acid groups (broad SMARTS) is 1. The summed E-state index contributed by atoms with van der Waals surface area (Å²) in [5.41, 5.74) is 1.59. The first-order chi connectivity index (χ1) is 17.8. The lowest BCUT2D eigenvalue weighted by molar-refractivity contribution is -0.192. The van der Waals surface area contributed by atoms with Gasteiger partial charge in [-0.05, 0) is 55.2 Å². The Hall–Kier alpha value is -3.87. The van der Waals surface area contributed by atoms with E-state index in [0.717, 1.165) is 24.1 Å². The number of piperidine rings is 1. The molecule has 1 aliphatic heterocycles. The Morgan fingerprint density at radius 1 is 1.11 bits per heavy atom. The van der Waals surface area contributed by atoms with Crippen LogP contribution in [-0.2, 0) is 14.6 Å². The van der Waals surface area contributed by atoms with Gasteiger partial charge in [0.15, 0.2) is 15.6 Å². The van der Waals surface area contributed by atoms with Crippen LogP contribution >= 0.6 is 0 Å². The van der Waals surface area contributed by atoms with Gasteiger partial charge in [-0.15, -0.1) is 0 Å². The molecule has 204 valence electrons. The standard InChI is InChI=1S/C23H24N2O5S.C2HF3O2/c1-31(27,28)20-7-4-18(5-8-20)21-9-6-19(15-24-21)30-16-17-10-12-25(13-11-17)23(26)22-3-2-14-29-22;3-2(4,5)1(6)7/h2-9,14-15,17H,10-13,16H2,1H3;(H,6,7). The van der Waals surface area contributed by atoms with Crippen LogP contribution in [0.1, 0.15) is 23.4 Å². The minimum absolute atomic E-state index is 0.0614. The summed E-state index contributed by atoms with van der Waals surface area (Å²) in [6.45, 7) is 1.95. The molecule has 0 bridgehead atoms. The van der Waals surface area contributed by atoms with E-state index in [4.69, 9.17) is 19.1 Å². The first-order valence-electron chi connectivity index (χ1n) is 11.4. The van der Waals surface area contributed by atoms with Crippen molar-refractivity contribution in [3.63, 3.8) is 0 Å². The van der Waals surface area contributed by atoms with Crippen LogP contribution in [0.15, 0.2) is 70.3 Å². The molecule has 1 amide bonds. The van der Waals surface area contributed by atoms with E-state index in [9.17, 15) is 26.4 Å². The minimum Gasteiger partial charge on any atom is -0.492 e. The fourth-order valence-corrected chi connectivity index (χ4v) is 4.21. The number of nitrogens with zero attached hydrogens (tertiary/aromatic N) is 2. The number of carboxylic acids is 1. The molecule has 3 heterocycles. The number of hydrogen-bond donors (Lipinski definition) is 1. The zero-order valence-electron chi connectivity index (χ0n) is 20.2. The third-order valence-corrected chi connectivity index (χ3v) is 6.80. The smallest absolute Gasteiger partial charge is 0.490 e. The Morgan fingerprint density at radius 2 is 1.74 bits per heavy atom. The topological polar surface area (TPSA) is 127 Å². The number of furan rings is 1. The molecule has 1 fully saturated rings. The molecule has 1 saturated heterocycles. The van der Waals surface area contributed by atoms with E-state index < -0.39 is 22.0 Å². The molecule has 3 aromatic rings. The average molecular weight is 555 g/mol.